The van der Waals surface area contributed by atoms with Crippen LogP contribution in [0.15, 0.2) is 0 Å². The minimum absolute atomic E-state index is 0.253. The summed E-state index contributed by atoms with van der Waals surface area (Å²) in [5, 5.41) is 1.03. The summed E-state index contributed by atoms with van der Waals surface area (Å²) >= 11 is 2.98. The molecular weight excluding hydrogens is 269 g/mol. The van der Waals surface area contributed by atoms with Crippen LogP contribution in [0.3, 0.4) is 0 Å². The zero-order valence-electron chi connectivity index (χ0n) is 5.53. The van der Waals surface area contributed by atoms with E-state index < -0.39 is 4.65 Å². The van der Waals surface area contributed by atoms with Crippen LogP contribution < -0.4 is 0 Å². The first-order valence-corrected chi connectivity index (χ1v) is 10.0. The molecule has 0 amide bonds. The van der Waals surface area contributed by atoms with Crippen molar-refractivity contribution < 1.29 is 9.42 Å². The zero-order chi connectivity index (χ0) is 7.33. The van der Waals surface area contributed by atoms with Gasteiger partial charge < -0.3 is 0 Å². The topological polar surface area (TPSA) is 29.5 Å². The molecule has 1 N–H and O–H groups in total. The molecule has 0 aliphatic rings. The van der Waals surface area contributed by atoms with Crippen molar-refractivity contribution in [2.45, 2.75) is 19.2 Å². The van der Waals surface area contributed by atoms with Gasteiger partial charge in [-0.2, -0.15) is 0 Å². The van der Waals surface area contributed by atoms with Crippen LogP contribution in [-0.4, -0.2) is 41.1 Å². The van der Waals surface area contributed by atoms with E-state index in [-0.39, 0.29) is 14.5 Å². The monoisotopic (exact) mass is 282 g/mol. The van der Waals surface area contributed by atoms with Gasteiger partial charge in [0, 0.05) is 0 Å². The Morgan fingerprint density at radius 1 is 1.67 bits per heavy atom. The van der Waals surface area contributed by atoms with Crippen LogP contribution in [0.4, 0.5) is 0 Å². The molecule has 0 spiro atoms. The fourth-order valence-corrected chi connectivity index (χ4v) is 8.39. The van der Waals surface area contributed by atoms with Gasteiger partial charge in [-0.1, -0.05) is 0 Å². The summed E-state index contributed by atoms with van der Waals surface area (Å²) < 4.78 is 3.10. The summed E-state index contributed by atoms with van der Waals surface area (Å²) in [6.07, 6.45) is 0. The van der Waals surface area contributed by atoms with E-state index in [1.54, 1.807) is 0 Å². The maximum absolute atomic E-state index is 9.38. The molecule has 0 aromatic rings. The first kappa shape index (κ1) is 10.4. The van der Waals surface area contributed by atoms with Gasteiger partial charge in [-0.05, 0) is 0 Å². The Hall–Kier alpha value is 1.39. The molecule has 0 aliphatic heterocycles. The number of hydrogen-bond acceptors (Lipinski definition) is 2. The summed E-state index contributed by atoms with van der Waals surface area (Å²) in [6.45, 7) is 4.56. The van der Waals surface area contributed by atoms with E-state index in [4.69, 9.17) is 4.52 Å². The maximum atomic E-state index is 9.38. The van der Waals surface area contributed by atoms with Gasteiger partial charge in [0.2, 0.25) is 0 Å². The minimum atomic E-state index is -2.01. The summed E-state index contributed by atoms with van der Waals surface area (Å²) in [5.41, 5.74) is 0. The summed E-state index contributed by atoms with van der Waals surface area (Å²) in [4.78, 5) is 9.38. The van der Waals surface area contributed by atoms with Crippen molar-refractivity contribution in [3.05, 3.63) is 0 Å². The summed E-state index contributed by atoms with van der Waals surface area (Å²) in [5.74, 6) is 0. The van der Waals surface area contributed by atoms with Gasteiger partial charge in [0.15, 0.2) is 0 Å². The van der Waals surface area contributed by atoms with E-state index in [0.29, 0.717) is 6.61 Å². The van der Waals surface area contributed by atoms with Crippen LogP contribution in [0.25, 0.3) is 0 Å². The van der Waals surface area contributed by atoms with E-state index >= 15 is 0 Å². The molecule has 9 heavy (non-hydrogen) atoms. The normalized spacial score (nSPS) is 17.2. The third-order valence-corrected chi connectivity index (χ3v) is 10.2. The molecule has 0 saturated heterocycles. The van der Waals surface area contributed by atoms with Crippen molar-refractivity contribution in [3.63, 3.8) is 0 Å². The molecule has 0 rings (SSSR count). The van der Waals surface area contributed by atoms with Gasteiger partial charge in [0.1, 0.15) is 0 Å². The van der Waals surface area contributed by atoms with Crippen molar-refractivity contribution in [2.24, 2.45) is 0 Å². The van der Waals surface area contributed by atoms with Crippen LogP contribution in [0, 0.1) is 0 Å². The van der Waals surface area contributed by atoms with Crippen molar-refractivity contribution in [2.75, 3.05) is 6.61 Å². The van der Waals surface area contributed by atoms with E-state index in [1.165, 1.54) is 0 Å². The molecule has 0 aliphatic carbocycles. The Morgan fingerprint density at radius 2 is 2.22 bits per heavy atom. The molecule has 0 aromatic heterocycles. The van der Waals surface area contributed by atoms with Gasteiger partial charge in [-0.15, -0.1) is 0 Å². The van der Waals surface area contributed by atoms with Gasteiger partial charge in [-0.25, -0.2) is 0 Å². The predicted octanol–water partition coefficient (Wildman–Crippen LogP) is 1.00. The number of hydrogen-bond donors (Lipinski definition) is 1. The van der Waals surface area contributed by atoms with E-state index in [9.17, 15) is 4.89 Å². The van der Waals surface area contributed by atoms with E-state index in [2.05, 4.69) is 22.0 Å². The molecule has 1 atom stereocenters. The molecular formula is C4H11O2PSe2. The van der Waals surface area contributed by atoms with Gasteiger partial charge >= 0.3 is 69.5 Å². The fraction of sp³-hybridized carbons (Fsp3) is 1.00. The van der Waals surface area contributed by atoms with Crippen molar-refractivity contribution >= 4 is 34.3 Å². The Bertz CT molecular complexity index is 107. The Balaban J connectivity index is 3.58. The molecule has 0 saturated carbocycles. The van der Waals surface area contributed by atoms with E-state index in [1.807, 2.05) is 6.92 Å². The molecule has 0 heterocycles. The first-order chi connectivity index (χ1) is 4.12. The second-order valence-electron chi connectivity index (χ2n) is 1.30. The second-order valence-corrected chi connectivity index (χ2v) is 15.3. The molecule has 0 fully saturated rings. The average Bonchev–Trinajstić information content (AvgIpc) is 1.64. The molecule has 5 heteroatoms. The Kier molecular flexibility index (Phi) is 5.88. The SMILES string of the molecule is CCOP(O)(=[Se])[Se]CC. The van der Waals surface area contributed by atoms with Gasteiger partial charge in [0.25, 0.3) is 0 Å². The third-order valence-electron chi connectivity index (χ3n) is 0.584. The van der Waals surface area contributed by atoms with Crippen molar-refractivity contribution in [3.8, 4) is 0 Å². The van der Waals surface area contributed by atoms with E-state index in [0.717, 1.165) is 5.32 Å². The fourth-order valence-electron chi connectivity index (χ4n) is 0.364. The third kappa shape index (κ3) is 5.81. The standard InChI is InChI=1S/C4H11O2PSe2/c1-3-6-7(5,8)9-4-2/h3-4H2,1-2H3,(H,5,8). The van der Waals surface area contributed by atoms with Gasteiger partial charge in [0.05, 0.1) is 0 Å². The molecule has 0 aromatic carbocycles. The Labute approximate surface area is 69.5 Å². The Morgan fingerprint density at radius 3 is 2.56 bits per heavy atom. The van der Waals surface area contributed by atoms with Gasteiger partial charge in [-0.3, -0.25) is 0 Å². The molecule has 0 radical (unpaired) electrons. The molecule has 2 nitrogen and oxygen atoms in total. The predicted molar refractivity (Wildman–Crippen MR) is 42.8 cm³/mol. The summed E-state index contributed by atoms with van der Waals surface area (Å²) in [7, 11) is 0. The molecule has 56 valence electrons. The van der Waals surface area contributed by atoms with Crippen LogP contribution in [-0.2, 0) is 4.52 Å². The molecule has 1 unspecified atom stereocenters. The van der Waals surface area contributed by atoms with Crippen LogP contribution >= 0.6 is 4.65 Å². The second kappa shape index (κ2) is 5.09. The first-order valence-electron chi connectivity index (χ1n) is 2.74. The van der Waals surface area contributed by atoms with Crippen LogP contribution in [0.2, 0.25) is 5.32 Å². The van der Waals surface area contributed by atoms with Crippen LogP contribution in [0.1, 0.15) is 13.8 Å². The quantitative estimate of drug-likeness (QED) is 0.615. The molecule has 0 bridgehead atoms. The van der Waals surface area contributed by atoms with Crippen LogP contribution in [0.5, 0.6) is 0 Å². The average molecular weight is 280 g/mol. The zero-order valence-corrected chi connectivity index (χ0v) is 9.85. The van der Waals surface area contributed by atoms with Crippen molar-refractivity contribution in [1.82, 2.24) is 0 Å². The van der Waals surface area contributed by atoms with Crippen molar-refractivity contribution in [1.29, 1.82) is 0 Å². The number of rotatable bonds is 4. The summed E-state index contributed by atoms with van der Waals surface area (Å²) in [6, 6.07) is 0.